The van der Waals surface area contributed by atoms with E-state index in [1.54, 1.807) is 5.57 Å². The van der Waals surface area contributed by atoms with Crippen LogP contribution >= 0.6 is 0 Å². The summed E-state index contributed by atoms with van der Waals surface area (Å²) in [5, 5.41) is 0. The molecule has 5 heteroatoms. The molecule has 4 rings (SSSR count). The van der Waals surface area contributed by atoms with Gasteiger partial charge < -0.3 is 21.1 Å². The summed E-state index contributed by atoms with van der Waals surface area (Å²) >= 11 is 0. The summed E-state index contributed by atoms with van der Waals surface area (Å²) in [6, 6.07) is 0. The largest absolute Gasteiger partial charge is 0.446 e. The fourth-order valence-corrected chi connectivity index (χ4v) is 10.1. The number of ether oxygens (including phenoxy) is 1. The van der Waals surface area contributed by atoms with Crippen LogP contribution < -0.4 is 11.5 Å². The molecule has 0 aromatic carbocycles. The van der Waals surface area contributed by atoms with Crippen molar-refractivity contribution >= 4 is 6.09 Å². The molecule has 0 bridgehead atoms. The van der Waals surface area contributed by atoms with Crippen molar-refractivity contribution in [1.82, 2.24) is 4.90 Å². The maximum atomic E-state index is 13.5. The molecule has 4 aliphatic carbocycles. The zero-order chi connectivity index (χ0) is 31.8. The van der Waals surface area contributed by atoms with Crippen molar-refractivity contribution in [3.8, 4) is 0 Å². The second-order valence-electron chi connectivity index (χ2n) is 18.0. The molecule has 3 saturated carbocycles. The van der Waals surface area contributed by atoms with Gasteiger partial charge in [0.05, 0.1) is 0 Å². The SMILES string of the molecule is CC(C)CCCC(C)C1CCC2C3CC=C4CC(OC(=O)N(CCC(C)(C)N)CCC(C)(C)N)CCC4(C)C3CCC12C. The molecule has 8 atom stereocenters. The van der Waals surface area contributed by atoms with Gasteiger partial charge in [-0.05, 0) is 132 Å². The van der Waals surface area contributed by atoms with Gasteiger partial charge in [-0.15, -0.1) is 0 Å². The van der Waals surface area contributed by atoms with Crippen molar-refractivity contribution in [3.63, 3.8) is 0 Å². The van der Waals surface area contributed by atoms with E-state index in [-0.39, 0.29) is 28.7 Å². The number of carbonyl (C=O) groups is 1. The van der Waals surface area contributed by atoms with Crippen LogP contribution in [0.25, 0.3) is 0 Å². The molecule has 43 heavy (non-hydrogen) atoms. The van der Waals surface area contributed by atoms with Crippen LogP contribution in [0.3, 0.4) is 0 Å². The van der Waals surface area contributed by atoms with Crippen LogP contribution in [0.1, 0.15) is 146 Å². The summed E-state index contributed by atoms with van der Waals surface area (Å²) in [6.45, 7) is 21.8. The number of amides is 1. The van der Waals surface area contributed by atoms with Gasteiger partial charge in [0.25, 0.3) is 0 Å². The molecular formula is C38H69N3O2. The molecule has 0 radical (unpaired) electrons. The highest BCUT2D eigenvalue weighted by atomic mass is 16.6. The Morgan fingerprint density at radius 3 is 2.21 bits per heavy atom. The average Bonchev–Trinajstić information content (AvgIpc) is 3.24. The maximum Gasteiger partial charge on any atom is 0.410 e. The fourth-order valence-electron chi connectivity index (χ4n) is 10.1. The normalized spacial score (nSPS) is 35.1. The van der Waals surface area contributed by atoms with Crippen molar-refractivity contribution in [3.05, 3.63) is 11.6 Å². The molecule has 3 fully saturated rings. The highest BCUT2D eigenvalue weighted by Gasteiger charge is 2.59. The van der Waals surface area contributed by atoms with Crippen molar-refractivity contribution in [2.45, 2.75) is 163 Å². The van der Waals surface area contributed by atoms with Gasteiger partial charge in [0.2, 0.25) is 0 Å². The maximum absolute atomic E-state index is 13.5. The predicted molar refractivity (Wildman–Crippen MR) is 181 cm³/mol. The Kier molecular flexibility index (Phi) is 10.8. The molecule has 5 nitrogen and oxygen atoms in total. The number of fused-ring (bicyclic) bond motifs is 5. The van der Waals surface area contributed by atoms with E-state index in [1.165, 1.54) is 51.4 Å². The highest BCUT2D eigenvalue weighted by Crippen LogP contribution is 2.67. The standard InChI is InChI=1S/C38H69N3O2/c1-26(2)11-10-12-27(3)31-15-16-32-30-14-13-28-25-29(17-19-37(28,8)33(30)18-20-38(31,32)9)43-34(42)41(23-21-35(4,5)39)24-22-36(6,7)40/h13,26-27,29-33H,10-12,14-25,39-40H2,1-9H3. The Hall–Kier alpha value is -1.07. The molecule has 0 heterocycles. The molecular weight excluding hydrogens is 530 g/mol. The third kappa shape index (κ3) is 8.21. The minimum atomic E-state index is -0.325. The lowest BCUT2D eigenvalue weighted by Crippen LogP contribution is -2.51. The monoisotopic (exact) mass is 600 g/mol. The summed E-state index contributed by atoms with van der Waals surface area (Å²) in [6.07, 6.45) is 18.0. The number of nitrogens with zero attached hydrogens (tertiary/aromatic N) is 1. The van der Waals surface area contributed by atoms with Crippen molar-refractivity contribution in [1.29, 1.82) is 0 Å². The third-order valence-electron chi connectivity index (χ3n) is 12.8. The van der Waals surface area contributed by atoms with E-state index in [1.807, 2.05) is 32.6 Å². The fraction of sp³-hybridized carbons (Fsp3) is 0.921. The Morgan fingerprint density at radius 2 is 1.60 bits per heavy atom. The van der Waals surface area contributed by atoms with Crippen LogP contribution in [0.5, 0.6) is 0 Å². The zero-order valence-corrected chi connectivity index (χ0v) is 29.6. The Balaban J connectivity index is 1.39. The zero-order valence-electron chi connectivity index (χ0n) is 29.6. The second kappa shape index (κ2) is 13.3. The van der Waals surface area contributed by atoms with E-state index < -0.39 is 0 Å². The number of rotatable bonds is 12. The summed E-state index contributed by atoms with van der Waals surface area (Å²) in [4.78, 5) is 15.3. The van der Waals surface area contributed by atoms with Gasteiger partial charge in [-0.25, -0.2) is 4.79 Å². The molecule has 0 aliphatic heterocycles. The average molecular weight is 600 g/mol. The smallest absolute Gasteiger partial charge is 0.410 e. The molecule has 1 amide bonds. The first-order chi connectivity index (χ1) is 19.9. The quantitative estimate of drug-likeness (QED) is 0.219. The van der Waals surface area contributed by atoms with Crippen molar-refractivity contribution < 1.29 is 9.53 Å². The highest BCUT2D eigenvalue weighted by molar-refractivity contribution is 5.68. The lowest BCUT2D eigenvalue weighted by Gasteiger charge is -2.58. The molecule has 0 aromatic rings. The molecule has 0 aromatic heterocycles. The van der Waals surface area contributed by atoms with Crippen molar-refractivity contribution in [2.24, 2.45) is 57.8 Å². The molecule has 248 valence electrons. The van der Waals surface area contributed by atoms with Crippen LogP contribution in [-0.2, 0) is 4.74 Å². The first-order valence-electron chi connectivity index (χ1n) is 18.2. The third-order valence-corrected chi connectivity index (χ3v) is 12.8. The molecule has 8 unspecified atom stereocenters. The Labute approximate surface area is 265 Å². The van der Waals surface area contributed by atoms with Gasteiger partial charge in [0.1, 0.15) is 6.10 Å². The van der Waals surface area contributed by atoms with E-state index >= 15 is 0 Å². The number of nitrogens with two attached hydrogens (primary N) is 2. The van der Waals surface area contributed by atoms with Crippen molar-refractivity contribution in [2.75, 3.05) is 13.1 Å². The van der Waals surface area contributed by atoms with Crippen LogP contribution in [-0.4, -0.2) is 41.3 Å². The van der Waals surface area contributed by atoms with Crippen LogP contribution in [0, 0.1) is 46.3 Å². The van der Waals surface area contributed by atoms with Gasteiger partial charge in [0.15, 0.2) is 0 Å². The number of hydrogen-bond acceptors (Lipinski definition) is 4. The van der Waals surface area contributed by atoms with E-state index in [4.69, 9.17) is 16.2 Å². The second-order valence-corrected chi connectivity index (χ2v) is 18.0. The van der Waals surface area contributed by atoms with Gasteiger partial charge in [0, 0.05) is 30.6 Å². The number of allylic oxidation sites excluding steroid dienone is 1. The van der Waals surface area contributed by atoms with Crippen LogP contribution in [0.2, 0.25) is 0 Å². The van der Waals surface area contributed by atoms with Gasteiger partial charge in [-0.1, -0.05) is 65.5 Å². The topological polar surface area (TPSA) is 81.6 Å². The molecule has 4 aliphatic rings. The van der Waals surface area contributed by atoms with E-state index in [2.05, 4.69) is 40.7 Å². The minimum absolute atomic E-state index is 0.0287. The van der Waals surface area contributed by atoms with Crippen LogP contribution in [0.4, 0.5) is 4.79 Å². The minimum Gasteiger partial charge on any atom is -0.446 e. The summed E-state index contributed by atoms with van der Waals surface area (Å²) in [7, 11) is 0. The first-order valence-corrected chi connectivity index (χ1v) is 18.2. The molecule has 4 N–H and O–H groups in total. The Bertz CT molecular complexity index is 959. The van der Waals surface area contributed by atoms with Gasteiger partial charge in [-0.2, -0.15) is 0 Å². The van der Waals surface area contributed by atoms with E-state index in [0.29, 0.717) is 18.5 Å². The summed E-state index contributed by atoms with van der Waals surface area (Å²) in [5.74, 6) is 5.06. The Morgan fingerprint density at radius 1 is 0.953 bits per heavy atom. The summed E-state index contributed by atoms with van der Waals surface area (Å²) in [5.41, 5.74) is 14.3. The lowest BCUT2D eigenvalue weighted by molar-refractivity contribution is -0.0594. The van der Waals surface area contributed by atoms with E-state index in [9.17, 15) is 4.79 Å². The lowest BCUT2D eigenvalue weighted by atomic mass is 9.47. The molecule has 0 spiro atoms. The van der Waals surface area contributed by atoms with Crippen LogP contribution in [0.15, 0.2) is 11.6 Å². The number of hydrogen-bond donors (Lipinski definition) is 2. The van der Waals surface area contributed by atoms with Gasteiger partial charge >= 0.3 is 6.09 Å². The van der Waals surface area contributed by atoms with E-state index in [0.717, 1.165) is 67.6 Å². The molecule has 0 saturated heterocycles. The predicted octanol–water partition coefficient (Wildman–Crippen LogP) is 9.09. The summed E-state index contributed by atoms with van der Waals surface area (Å²) < 4.78 is 6.25. The number of carbonyl (C=O) groups excluding carboxylic acids is 1. The van der Waals surface area contributed by atoms with Gasteiger partial charge in [-0.3, -0.25) is 0 Å². The first kappa shape index (κ1) is 34.8.